The number of rotatable bonds is 1. The minimum absolute atomic E-state index is 0.0192. The van der Waals surface area contributed by atoms with Crippen LogP contribution in [0.2, 0.25) is 0 Å². The van der Waals surface area contributed by atoms with Crippen molar-refractivity contribution in [3.05, 3.63) is 29.7 Å². The van der Waals surface area contributed by atoms with Gasteiger partial charge in [0.05, 0.1) is 16.9 Å². The van der Waals surface area contributed by atoms with Crippen molar-refractivity contribution in [2.24, 2.45) is 10.1 Å². The second-order valence-electron chi connectivity index (χ2n) is 3.65. The topological polar surface area (TPSA) is 82.0 Å². The Labute approximate surface area is 107 Å². The van der Waals surface area contributed by atoms with Gasteiger partial charge >= 0.3 is 0 Å². The standard InChI is InChI=1S/C11H8N4O2S/c1-6-14-15-9(12)8(5-7-3-2-4-17-7)10(16)13-11(15)18-6/h2-5,12H,1H3/b8-5+,12-9?. The highest BCUT2D eigenvalue weighted by Gasteiger charge is 2.34. The minimum Gasteiger partial charge on any atom is -0.465 e. The van der Waals surface area contributed by atoms with Gasteiger partial charge in [-0.1, -0.05) is 0 Å². The van der Waals surface area contributed by atoms with Gasteiger partial charge in [0.1, 0.15) is 5.76 Å². The van der Waals surface area contributed by atoms with E-state index in [4.69, 9.17) is 9.83 Å². The van der Waals surface area contributed by atoms with Crippen LogP contribution in [0.25, 0.3) is 6.08 Å². The fourth-order valence-corrected chi connectivity index (χ4v) is 2.34. The molecule has 0 saturated carbocycles. The number of carbonyl (C=O) groups excluding carboxylic acids is 1. The number of hydrogen-bond acceptors (Lipinski definition) is 5. The van der Waals surface area contributed by atoms with E-state index in [2.05, 4.69) is 10.1 Å². The van der Waals surface area contributed by atoms with Crippen LogP contribution in [-0.4, -0.2) is 27.0 Å². The summed E-state index contributed by atoms with van der Waals surface area (Å²) in [6.07, 6.45) is 3.00. The molecule has 1 N–H and O–H groups in total. The summed E-state index contributed by atoms with van der Waals surface area (Å²) in [5, 5.41) is 14.7. The first-order chi connectivity index (χ1) is 8.65. The molecule has 0 aromatic carbocycles. The quantitative estimate of drug-likeness (QED) is 0.782. The lowest BCUT2D eigenvalue weighted by Gasteiger charge is -2.19. The molecule has 0 aliphatic carbocycles. The van der Waals surface area contributed by atoms with Crippen molar-refractivity contribution >= 4 is 39.8 Å². The van der Waals surface area contributed by atoms with Crippen molar-refractivity contribution in [2.45, 2.75) is 6.92 Å². The summed E-state index contributed by atoms with van der Waals surface area (Å²) < 4.78 is 5.13. The van der Waals surface area contributed by atoms with Crippen LogP contribution in [0.3, 0.4) is 0 Å². The molecule has 0 atom stereocenters. The fourth-order valence-electron chi connectivity index (χ4n) is 1.60. The molecule has 2 aliphatic heterocycles. The number of hydrazone groups is 1. The van der Waals surface area contributed by atoms with Gasteiger partial charge in [0, 0.05) is 0 Å². The maximum absolute atomic E-state index is 11.9. The van der Waals surface area contributed by atoms with E-state index in [0.29, 0.717) is 10.9 Å². The van der Waals surface area contributed by atoms with Crippen LogP contribution >= 0.6 is 11.8 Å². The molecule has 90 valence electrons. The normalized spacial score (nSPS) is 21.2. The van der Waals surface area contributed by atoms with Crippen molar-refractivity contribution in [2.75, 3.05) is 0 Å². The summed E-state index contributed by atoms with van der Waals surface area (Å²) in [5.74, 6) is 0.0834. The van der Waals surface area contributed by atoms with E-state index < -0.39 is 5.91 Å². The molecule has 1 amide bonds. The molecule has 18 heavy (non-hydrogen) atoms. The summed E-state index contributed by atoms with van der Waals surface area (Å²) in [5.41, 5.74) is 0.174. The Hall–Kier alpha value is -2.15. The van der Waals surface area contributed by atoms with Gasteiger partial charge in [-0.3, -0.25) is 10.2 Å². The molecule has 7 heteroatoms. The van der Waals surface area contributed by atoms with E-state index in [9.17, 15) is 4.79 Å². The van der Waals surface area contributed by atoms with E-state index in [0.717, 1.165) is 5.04 Å². The fraction of sp³-hybridized carbons (Fsp3) is 0.0909. The van der Waals surface area contributed by atoms with E-state index in [1.165, 1.54) is 29.1 Å². The lowest BCUT2D eigenvalue weighted by molar-refractivity contribution is -0.114. The molecular weight excluding hydrogens is 252 g/mol. The zero-order valence-corrected chi connectivity index (χ0v) is 10.2. The highest BCUT2D eigenvalue weighted by Crippen LogP contribution is 2.27. The number of nitrogens with zero attached hydrogens (tertiary/aromatic N) is 3. The van der Waals surface area contributed by atoms with Crippen molar-refractivity contribution in [3.8, 4) is 0 Å². The molecule has 0 spiro atoms. The third-order valence-corrected chi connectivity index (χ3v) is 3.21. The number of fused-ring (bicyclic) bond motifs is 1. The molecule has 2 aliphatic rings. The molecular formula is C11H8N4O2S. The molecule has 3 heterocycles. The molecule has 3 rings (SSSR count). The first kappa shape index (κ1) is 11.0. The molecule has 0 saturated heterocycles. The van der Waals surface area contributed by atoms with E-state index in [1.807, 2.05) is 0 Å². The summed E-state index contributed by atoms with van der Waals surface area (Å²) in [6.45, 7) is 1.80. The van der Waals surface area contributed by atoms with Crippen LogP contribution in [0.4, 0.5) is 0 Å². The highest BCUT2D eigenvalue weighted by atomic mass is 32.2. The van der Waals surface area contributed by atoms with Crippen molar-refractivity contribution in [1.82, 2.24) is 5.01 Å². The van der Waals surface area contributed by atoms with Crippen molar-refractivity contribution in [3.63, 3.8) is 0 Å². The largest absolute Gasteiger partial charge is 0.465 e. The van der Waals surface area contributed by atoms with Crippen LogP contribution in [0, 0.1) is 5.41 Å². The van der Waals surface area contributed by atoms with Gasteiger partial charge in [-0.25, -0.2) is 0 Å². The monoisotopic (exact) mass is 260 g/mol. The van der Waals surface area contributed by atoms with Crippen LogP contribution in [0.15, 0.2) is 38.5 Å². The molecule has 0 bridgehead atoms. The number of amidine groups is 2. The van der Waals surface area contributed by atoms with Gasteiger partial charge in [-0.05, 0) is 36.9 Å². The Bertz CT molecular complexity index is 627. The predicted molar refractivity (Wildman–Crippen MR) is 69.4 cm³/mol. The SMILES string of the molecule is CC1=NN2C(=N)/C(=C\c3ccco3)C(=O)N=C2S1. The number of aliphatic imine (C=N–C) groups is 1. The lowest BCUT2D eigenvalue weighted by atomic mass is 10.1. The van der Waals surface area contributed by atoms with E-state index in [-0.39, 0.29) is 11.4 Å². The predicted octanol–water partition coefficient (Wildman–Crippen LogP) is 1.92. The second kappa shape index (κ2) is 3.95. The summed E-state index contributed by atoms with van der Waals surface area (Å²) in [4.78, 5) is 15.8. The number of thioether (sulfide) groups is 1. The first-order valence-corrected chi connectivity index (χ1v) is 5.97. The van der Waals surface area contributed by atoms with Gasteiger partial charge in [0.25, 0.3) is 5.91 Å². The zero-order chi connectivity index (χ0) is 12.7. The van der Waals surface area contributed by atoms with Crippen LogP contribution in [-0.2, 0) is 4.79 Å². The lowest BCUT2D eigenvalue weighted by Crippen LogP contribution is -2.35. The van der Waals surface area contributed by atoms with Gasteiger partial charge in [-0.2, -0.15) is 15.1 Å². The number of hydrogen-bond donors (Lipinski definition) is 1. The van der Waals surface area contributed by atoms with Gasteiger partial charge < -0.3 is 4.42 Å². The average molecular weight is 260 g/mol. The number of nitrogens with one attached hydrogen (secondary N) is 1. The van der Waals surface area contributed by atoms with Gasteiger partial charge in [-0.15, -0.1) is 0 Å². The summed E-state index contributed by atoms with van der Waals surface area (Å²) in [7, 11) is 0. The second-order valence-corrected chi connectivity index (χ2v) is 4.81. The molecule has 0 unspecified atom stereocenters. The third-order valence-electron chi connectivity index (χ3n) is 2.39. The Morgan fingerprint density at radius 3 is 3.11 bits per heavy atom. The van der Waals surface area contributed by atoms with E-state index >= 15 is 0 Å². The molecule has 1 aromatic heterocycles. The minimum atomic E-state index is -0.444. The smallest absolute Gasteiger partial charge is 0.283 e. The highest BCUT2D eigenvalue weighted by molar-refractivity contribution is 8.26. The van der Waals surface area contributed by atoms with Crippen LogP contribution < -0.4 is 0 Å². The number of amides is 1. The third kappa shape index (κ3) is 1.68. The summed E-state index contributed by atoms with van der Waals surface area (Å²) >= 11 is 1.28. The van der Waals surface area contributed by atoms with Crippen molar-refractivity contribution in [1.29, 1.82) is 5.41 Å². The Morgan fingerprint density at radius 1 is 1.56 bits per heavy atom. The first-order valence-electron chi connectivity index (χ1n) is 5.15. The molecule has 0 fully saturated rings. The Morgan fingerprint density at radius 2 is 2.39 bits per heavy atom. The molecule has 1 aromatic rings. The number of furan rings is 1. The van der Waals surface area contributed by atoms with Crippen LogP contribution in [0.1, 0.15) is 12.7 Å². The van der Waals surface area contributed by atoms with Gasteiger partial charge in [0.15, 0.2) is 5.84 Å². The Kier molecular flexibility index (Phi) is 2.41. The maximum Gasteiger partial charge on any atom is 0.283 e. The zero-order valence-electron chi connectivity index (χ0n) is 9.38. The molecule has 0 radical (unpaired) electrons. The van der Waals surface area contributed by atoms with Gasteiger partial charge in [0.2, 0.25) is 5.17 Å². The van der Waals surface area contributed by atoms with E-state index in [1.54, 1.807) is 19.1 Å². The van der Waals surface area contributed by atoms with Crippen LogP contribution in [0.5, 0.6) is 0 Å². The van der Waals surface area contributed by atoms with Crippen molar-refractivity contribution < 1.29 is 9.21 Å². The summed E-state index contributed by atoms with van der Waals surface area (Å²) in [6, 6.07) is 3.42. The average Bonchev–Trinajstić information content (AvgIpc) is 2.93. The Balaban J connectivity index is 2.04. The molecule has 6 nitrogen and oxygen atoms in total. The maximum atomic E-state index is 11.9. The number of carbonyl (C=O) groups is 1.